The lowest BCUT2D eigenvalue weighted by atomic mass is 10.0. The van der Waals surface area contributed by atoms with Crippen LogP contribution in [0.2, 0.25) is 0 Å². The van der Waals surface area contributed by atoms with E-state index < -0.39 is 10.0 Å². The highest BCUT2D eigenvalue weighted by Gasteiger charge is 2.27. The van der Waals surface area contributed by atoms with Crippen LogP contribution in [-0.4, -0.2) is 20.9 Å². The molecule has 1 aliphatic carbocycles. The zero-order chi connectivity index (χ0) is 21.8. The van der Waals surface area contributed by atoms with Crippen LogP contribution in [0.1, 0.15) is 36.1 Å². The summed E-state index contributed by atoms with van der Waals surface area (Å²) in [7, 11) is -3.89. The lowest BCUT2D eigenvalue weighted by Crippen LogP contribution is -2.41. The molecule has 0 aromatic heterocycles. The van der Waals surface area contributed by atoms with E-state index in [1.165, 1.54) is 29.7 Å². The maximum Gasteiger partial charge on any atom is 0.264 e. The van der Waals surface area contributed by atoms with Crippen LogP contribution in [0.5, 0.6) is 0 Å². The fourth-order valence-electron chi connectivity index (χ4n) is 3.99. The maximum absolute atomic E-state index is 13.3. The first-order chi connectivity index (χ1) is 14.9. The first kappa shape index (κ1) is 21.1. The smallest absolute Gasteiger partial charge is 0.264 e. The van der Waals surface area contributed by atoms with Crippen molar-refractivity contribution in [3.63, 3.8) is 0 Å². The molecule has 1 atom stereocenters. The number of fused-ring (bicyclic) bond motifs is 1. The molecule has 0 unspecified atom stereocenters. The van der Waals surface area contributed by atoms with Crippen molar-refractivity contribution in [2.45, 2.75) is 37.1 Å². The van der Waals surface area contributed by atoms with Gasteiger partial charge in [0.25, 0.3) is 10.0 Å². The number of nitrogens with zero attached hydrogens (tertiary/aromatic N) is 1. The molecule has 5 nitrogen and oxygen atoms in total. The third-order valence-corrected chi connectivity index (χ3v) is 7.45. The van der Waals surface area contributed by atoms with E-state index in [-0.39, 0.29) is 23.4 Å². The summed E-state index contributed by atoms with van der Waals surface area (Å²) in [5, 5.41) is 2.97. The summed E-state index contributed by atoms with van der Waals surface area (Å²) in [6, 6.07) is 23.0. The van der Waals surface area contributed by atoms with E-state index in [0.717, 1.165) is 22.7 Å². The highest BCUT2D eigenvalue weighted by molar-refractivity contribution is 7.92. The van der Waals surface area contributed by atoms with Gasteiger partial charge < -0.3 is 5.32 Å². The third kappa shape index (κ3) is 4.64. The van der Waals surface area contributed by atoms with Gasteiger partial charge in [-0.05, 0) is 67.1 Å². The van der Waals surface area contributed by atoms with Gasteiger partial charge in [-0.25, -0.2) is 8.42 Å². The molecule has 0 fully saturated rings. The molecule has 0 saturated carbocycles. The average molecular weight is 435 g/mol. The lowest BCUT2D eigenvalue weighted by molar-refractivity contribution is -0.120. The van der Waals surface area contributed by atoms with Crippen LogP contribution < -0.4 is 9.62 Å². The van der Waals surface area contributed by atoms with E-state index in [2.05, 4.69) is 17.4 Å². The van der Waals surface area contributed by atoms with E-state index in [9.17, 15) is 13.2 Å². The Balaban J connectivity index is 1.55. The maximum atomic E-state index is 13.3. The summed E-state index contributed by atoms with van der Waals surface area (Å²) in [4.78, 5) is 13.1. The van der Waals surface area contributed by atoms with E-state index in [4.69, 9.17) is 0 Å². The van der Waals surface area contributed by atoms with E-state index in [1.54, 1.807) is 42.5 Å². The zero-order valence-electron chi connectivity index (χ0n) is 17.5. The second-order valence-electron chi connectivity index (χ2n) is 7.83. The first-order valence-electron chi connectivity index (χ1n) is 10.5. The number of amides is 1. The molecule has 1 aliphatic rings. The Morgan fingerprint density at radius 3 is 2.29 bits per heavy atom. The van der Waals surface area contributed by atoms with Crippen LogP contribution in [0.4, 0.5) is 5.69 Å². The highest BCUT2D eigenvalue weighted by atomic mass is 32.2. The van der Waals surface area contributed by atoms with Crippen molar-refractivity contribution in [1.82, 2.24) is 5.32 Å². The molecule has 0 radical (unpaired) electrons. The molecule has 4 rings (SSSR count). The third-order valence-electron chi connectivity index (χ3n) is 5.66. The minimum Gasteiger partial charge on any atom is -0.348 e. The molecule has 0 saturated heterocycles. The number of sulfonamides is 1. The number of benzene rings is 3. The number of carbonyl (C=O) groups is 1. The Kier molecular flexibility index (Phi) is 6.09. The Bertz CT molecular complexity index is 1160. The zero-order valence-corrected chi connectivity index (χ0v) is 18.3. The second kappa shape index (κ2) is 8.94. The van der Waals surface area contributed by atoms with E-state index in [0.29, 0.717) is 5.69 Å². The number of para-hydroxylation sites is 1. The van der Waals surface area contributed by atoms with Crippen molar-refractivity contribution in [1.29, 1.82) is 0 Å². The lowest BCUT2D eigenvalue weighted by Gasteiger charge is -2.25. The molecule has 0 heterocycles. The predicted octanol–water partition coefficient (Wildman–Crippen LogP) is 4.25. The number of hydrogen-bond donors (Lipinski definition) is 1. The highest BCUT2D eigenvalue weighted by Crippen LogP contribution is 2.26. The summed E-state index contributed by atoms with van der Waals surface area (Å²) >= 11 is 0. The Labute approximate surface area is 183 Å². The van der Waals surface area contributed by atoms with Gasteiger partial charge in [-0.15, -0.1) is 0 Å². The van der Waals surface area contributed by atoms with Crippen molar-refractivity contribution >= 4 is 21.6 Å². The average Bonchev–Trinajstić information content (AvgIpc) is 3.26. The van der Waals surface area contributed by atoms with Gasteiger partial charge in [0.05, 0.1) is 16.6 Å². The summed E-state index contributed by atoms with van der Waals surface area (Å²) in [5.74, 6) is -0.351. The Morgan fingerprint density at radius 2 is 1.58 bits per heavy atom. The van der Waals surface area contributed by atoms with Crippen LogP contribution in [-0.2, 0) is 27.7 Å². The normalized spacial score (nSPS) is 14.0. The number of aryl methyl sites for hydroxylation is 2. The quantitative estimate of drug-likeness (QED) is 0.605. The van der Waals surface area contributed by atoms with Crippen molar-refractivity contribution in [3.05, 3.63) is 95.6 Å². The molecular weight excluding hydrogens is 408 g/mol. The molecule has 6 heteroatoms. The Hall–Kier alpha value is -3.12. The van der Waals surface area contributed by atoms with Crippen LogP contribution in [0, 0.1) is 0 Å². The van der Waals surface area contributed by atoms with E-state index >= 15 is 0 Å². The van der Waals surface area contributed by atoms with Crippen LogP contribution >= 0.6 is 0 Å². The minimum atomic E-state index is -3.89. The number of nitrogens with one attached hydrogen (secondary N) is 1. The molecule has 3 aromatic rings. The van der Waals surface area contributed by atoms with Crippen molar-refractivity contribution in [2.24, 2.45) is 0 Å². The molecule has 0 spiro atoms. The largest absolute Gasteiger partial charge is 0.348 e. The number of anilines is 1. The van der Waals surface area contributed by atoms with Gasteiger partial charge in [-0.3, -0.25) is 9.10 Å². The first-order valence-corrected chi connectivity index (χ1v) is 11.9. The fraction of sp³-hybridized carbons (Fsp3) is 0.240. The van der Waals surface area contributed by atoms with Crippen LogP contribution in [0.3, 0.4) is 0 Å². The van der Waals surface area contributed by atoms with Gasteiger partial charge in [0.15, 0.2) is 0 Å². The van der Waals surface area contributed by atoms with Crippen LogP contribution in [0.25, 0.3) is 0 Å². The Morgan fingerprint density at radius 1 is 0.935 bits per heavy atom. The van der Waals surface area contributed by atoms with Gasteiger partial charge in [0, 0.05) is 0 Å². The fourth-order valence-corrected chi connectivity index (χ4v) is 5.43. The number of carbonyl (C=O) groups excluding carboxylic acids is 1. The van der Waals surface area contributed by atoms with Gasteiger partial charge in [-0.1, -0.05) is 54.6 Å². The van der Waals surface area contributed by atoms with Crippen molar-refractivity contribution in [2.75, 3.05) is 10.8 Å². The summed E-state index contributed by atoms with van der Waals surface area (Å²) in [6.07, 6.45) is 3.35. The standard InChI is InChI=1S/C25H26N2O3S/c1-19(21-16-15-20-9-8-10-22(20)17-21)26-25(28)18-27(23-11-4-2-5-12-23)31(29,30)24-13-6-3-7-14-24/h2-7,11-17,19H,8-10,18H2,1H3,(H,26,28)/t19-/m1/s1. The predicted molar refractivity (Wildman–Crippen MR) is 122 cm³/mol. The summed E-state index contributed by atoms with van der Waals surface area (Å²) < 4.78 is 27.8. The molecule has 1 N–H and O–H groups in total. The van der Waals surface area contributed by atoms with Gasteiger partial charge in [0.1, 0.15) is 6.54 Å². The monoisotopic (exact) mass is 434 g/mol. The van der Waals surface area contributed by atoms with Crippen molar-refractivity contribution < 1.29 is 13.2 Å². The summed E-state index contributed by atoms with van der Waals surface area (Å²) in [5.41, 5.74) is 4.21. The van der Waals surface area contributed by atoms with Crippen LogP contribution in [0.15, 0.2) is 83.8 Å². The molecule has 3 aromatic carbocycles. The minimum absolute atomic E-state index is 0.151. The molecule has 0 bridgehead atoms. The molecule has 0 aliphatic heterocycles. The van der Waals surface area contributed by atoms with Gasteiger partial charge in [-0.2, -0.15) is 0 Å². The molecule has 1 amide bonds. The van der Waals surface area contributed by atoms with Gasteiger partial charge >= 0.3 is 0 Å². The number of rotatable bonds is 7. The molecule has 31 heavy (non-hydrogen) atoms. The molecule has 160 valence electrons. The van der Waals surface area contributed by atoms with Crippen molar-refractivity contribution in [3.8, 4) is 0 Å². The van der Waals surface area contributed by atoms with Gasteiger partial charge in [0.2, 0.25) is 5.91 Å². The second-order valence-corrected chi connectivity index (χ2v) is 9.69. The molecular formula is C25H26N2O3S. The topological polar surface area (TPSA) is 66.5 Å². The summed E-state index contributed by atoms with van der Waals surface area (Å²) in [6.45, 7) is 1.63. The van der Waals surface area contributed by atoms with E-state index in [1.807, 2.05) is 19.1 Å². The SMILES string of the molecule is C[C@@H](NC(=O)CN(c1ccccc1)S(=O)(=O)c1ccccc1)c1ccc2c(c1)CCC2. The number of hydrogen-bond acceptors (Lipinski definition) is 3.